The lowest BCUT2D eigenvalue weighted by Crippen LogP contribution is -2.17. The Morgan fingerprint density at radius 2 is 1.81 bits per heavy atom. The summed E-state index contributed by atoms with van der Waals surface area (Å²) >= 11 is 0. The smallest absolute Gasteiger partial charge is 0.383 e. The molecule has 0 unspecified atom stereocenters. The number of carbonyl (C=O) groups is 1. The second-order valence-corrected chi connectivity index (χ2v) is 7.12. The lowest BCUT2D eigenvalue weighted by molar-refractivity contribution is 0.0726. The standard InChI is InChI=1S/C25H26O6/c1-4-5-6-10-16-28-20-15-11-14-19-21(20)30-25(27)23(29-17(2)3)22(19)31-24(26)18-12-8-7-9-13-18/h5-9,11-15,17H,4,10,16H2,1-3H3/b6-5+. The molecule has 1 heterocycles. The van der Waals surface area contributed by atoms with Crippen LogP contribution in [0, 0.1) is 0 Å². The summed E-state index contributed by atoms with van der Waals surface area (Å²) < 4.78 is 22.6. The number of allylic oxidation sites excluding steroid dienone is 1. The molecule has 0 bridgehead atoms. The van der Waals surface area contributed by atoms with E-state index in [1.807, 2.05) is 6.08 Å². The first-order valence-electron chi connectivity index (χ1n) is 10.3. The van der Waals surface area contributed by atoms with E-state index < -0.39 is 11.6 Å². The first-order valence-corrected chi connectivity index (χ1v) is 10.3. The van der Waals surface area contributed by atoms with Crippen molar-refractivity contribution in [2.45, 2.75) is 39.7 Å². The summed E-state index contributed by atoms with van der Waals surface area (Å²) in [5.74, 6) is -0.329. The molecule has 6 heteroatoms. The third kappa shape index (κ3) is 5.54. The van der Waals surface area contributed by atoms with Gasteiger partial charge in [-0.3, -0.25) is 0 Å². The van der Waals surface area contributed by atoms with E-state index in [1.165, 1.54) is 0 Å². The molecule has 0 saturated heterocycles. The van der Waals surface area contributed by atoms with Gasteiger partial charge >= 0.3 is 11.6 Å². The van der Waals surface area contributed by atoms with E-state index in [9.17, 15) is 9.59 Å². The SMILES string of the molecule is CC/C=C/CCOc1cccc2c(OC(=O)c3ccccc3)c(OC(C)C)c(=O)oc12. The second-order valence-electron chi connectivity index (χ2n) is 7.12. The van der Waals surface area contributed by atoms with Crippen molar-refractivity contribution in [3.63, 3.8) is 0 Å². The minimum atomic E-state index is -0.737. The maximum absolute atomic E-state index is 12.7. The number of ether oxygens (including phenoxy) is 3. The fraction of sp³-hybridized carbons (Fsp3) is 0.280. The molecule has 0 fully saturated rings. The average Bonchev–Trinajstić information content (AvgIpc) is 2.76. The lowest BCUT2D eigenvalue weighted by atomic mass is 10.2. The summed E-state index contributed by atoms with van der Waals surface area (Å²) in [6.45, 7) is 6.03. The second kappa shape index (κ2) is 10.5. The number of para-hydroxylation sites is 1. The largest absolute Gasteiger partial charge is 0.489 e. The van der Waals surface area contributed by atoms with Crippen molar-refractivity contribution < 1.29 is 23.4 Å². The van der Waals surface area contributed by atoms with Gasteiger partial charge in [0.15, 0.2) is 17.1 Å². The monoisotopic (exact) mass is 422 g/mol. The third-order valence-corrected chi connectivity index (χ3v) is 4.31. The van der Waals surface area contributed by atoms with Gasteiger partial charge in [-0.2, -0.15) is 0 Å². The molecule has 0 amide bonds. The Hall–Kier alpha value is -3.54. The first-order chi connectivity index (χ1) is 15.0. The van der Waals surface area contributed by atoms with Crippen molar-refractivity contribution in [3.8, 4) is 17.2 Å². The summed E-state index contributed by atoms with van der Waals surface area (Å²) in [4.78, 5) is 25.4. The van der Waals surface area contributed by atoms with Crippen molar-refractivity contribution in [2.75, 3.05) is 6.61 Å². The molecule has 162 valence electrons. The van der Waals surface area contributed by atoms with Crippen molar-refractivity contribution in [3.05, 3.63) is 76.7 Å². The quantitative estimate of drug-likeness (QED) is 0.195. The number of hydrogen-bond acceptors (Lipinski definition) is 6. The molecular formula is C25H26O6. The van der Waals surface area contributed by atoms with Gasteiger partial charge in [-0.15, -0.1) is 0 Å². The molecule has 0 aliphatic rings. The molecular weight excluding hydrogens is 396 g/mol. The molecule has 1 aromatic heterocycles. The van der Waals surface area contributed by atoms with E-state index in [0.717, 1.165) is 12.8 Å². The van der Waals surface area contributed by atoms with Gasteiger partial charge in [0, 0.05) is 0 Å². The van der Waals surface area contributed by atoms with Crippen LogP contribution in [0.3, 0.4) is 0 Å². The molecule has 0 aliphatic heterocycles. The Morgan fingerprint density at radius 1 is 1.03 bits per heavy atom. The average molecular weight is 422 g/mol. The summed E-state index contributed by atoms with van der Waals surface area (Å²) in [5, 5.41) is 0.418. The van der Waals surface area contributed by atoms with Gasteiger partial charge < -0.3 is 18.6 Å². The van der Waals surface area contributed by atoms with Crippen LogP contribution in [-0.4, -0.2) is 18.7 Å². The fourth-order valence-electron chi connectivity index (χ4n) is 2.95. The summed E-state index contributed by atoms with van der Waals surface area (Å²) in [5.41, 5.74) is -0.174. The number of benzene rings is 2. The Balaban J connectivity index is 2.04. The van der Waals surface area contributed by atoms with Gasteiger partial charge in [-0.25, -0.2) is 9.59 Å². The molecule has 6 nitrogen and oxygen atoms in total. The minimum Gasteiger partial charge on any atom is -0.489 e. The molecule has 0 N–H and O–H groups in total. The highest BCUT2D eigenvalue weighted by Gasteiger charge is 2.23. The number of fused-ring (bicyclic) bond motifs is 1. The Bertz CT molecular complexity index is 1110. The number of rotatable bonds is 9. The molecule has 2 aromatic carbocycles. The Labute approximate surface area is 181 Å². The maximum atomic E-state index is 12.7. The van der Waals surface area contributed by atoms with Crippen LogP contribution in [-0.2, 0) is 0 Å². The van der Waals surface area contributed by atoms with E-state index in [0.29, 0.717) is 23.3 Å². The van der Waals surface area contributed by atoms with E-state index >= 15 is 0 Å². The minimum absolute atomic E-state index is 0.0186. The van der Waals surface area contributed by atoms with Crippen LogP contribution in [0.2, 0.25) is 0 Å². The van der Waals surface area contributed by atoms with Crippen molar-refractivity contribution in [2.24, 2.45) is 0 Å². The van der Waals surface area contributed by atoms with Crippen LogP contribution < -0.4 is 19.8 Å². The molecule has 3 rings (SSSR count). The highest BCUT2D eigenvalue weighted by atomic mass is 16.6. The van der Waals surface area contributed by atoms with Crippen LogP contribution in [0.4, 0.5) is 0 Å². The van der Waals surface area contributed by atoms with Gasteiger partial charge in [0.05, 0.1) is 23.7 Å². The van der Waals surface area contributed by atoms with Gasteiger partial charge in [0.25, 0.3) is 0 Å². The zero-order valence-corrected chi connectivity index (χ0v) is 17.9. The van der Waals surface area contributed by atoms with Crippen molar-refractivity contribution in [1.29, 1.82) is 0 Å². The molecule has 0 spiro atoms. The highest BCUT2D eigenvalue weighted by Crippen LogP contribution is 2.37. The normalized spacial score (nSPS) is 11.2. The number of hydrogen-bond donors (Lipinski definition) is 0. The van der Waals surface area contributed by atoms with E-state index in [2.05, 4.69) is 13.0 Å². The van der Waals surface area contributed by atoms with Crippen molar-refractivity contribution >= 4 is 16.9 Å². The number of carbonyl (C=O) groups excluding carboxylic acids is 1. The van der Waals surface area contributed by atoms with Gasteiger partial charge in [0.2, 0.25) is 5.75 Å². The number of esters is 1. The molecule has 0 atom stereocenters. The Morgan fingerprint density at radius 3 is 2.52 bits per heavy atom. The maximum Gasteiger partial charge on any atom is 0.383 e. The van der Waals surface area contributed by atoms with Gasteiger partial charge in [0.1, 0.15) is 0 Å². The van der Waals surface area contributed by atoms with E-state index in [-0.39, 0.29) is 23.2 Å². The van der Waals surface area contributed by atoms with Gasteiger partial charge in [-0.05, 0) is 51.0 Å². The zero-order chi connectivity index (χ0) is 22.2. The van der Waals surface area contributed by atoms with E-state index in [1.54, 1.807) is 62.4 Å². The van der Waals surface area contributed by atoms with Crippen LogP contribution in [0.1, 0.15) is 44.0 Å². The zero-order valence-electron chi connectivity index (χ0n) is 17.9. The predicted octanol–water partition coefficient (Wildman–Crippen LogP) is 5.53. The molecule has 3 aromatic rings. The topological polar surface area (TPSA) is 75.0 Å². The molecule has 0 saturated carbocycles. The van der Waals surface area contributed by atoms with E-state index in [4.69, 9.17) is 18.6 Å². The fourth-order valence-corrected chi connectivity index (χ4v) is 2.95. The predicted molar refractivity (Wildman–Crippen MR) is 119 cm³/mol. The van der Waals surface area contributed by atoms with Crippen LogP contribution in [0.5, 0.6) is 17.2 Å². The molecule has 0 aliphatic carbocycles. The lowest BCUT2D eigenvalue weighted by Gasteiger charge is -2.16. The van der Waals surface area contributed by atoms with Crippen molar-refractivity contribution in [1.82, 2.24) is 0 Å². The summed E-state index contributed by atoms with van der Waals surface area (Å²) in [6.07, 6.45) is 5.45. The van der Waals surface area contributed by atoms with Crippen LogP contribution >= 0.6 is 0 Å². The van der Waals surface area contributed by atoms with Crippen LogP contribution in [0.25, 0.3) is 11.0 Å². The summed E-state index contributed by atoms with van der Waals surface area (Å²) in [7, 11) is 0. The van der Waals surface area contributed by atoms with Crippen LogP contribution in [0.15, 0.2) is 69.9 Å². The highest BCUT2D eigenvalue weighted by molar-refractivity contribution is 5.96. The molecule has 0 radical (unpaired) electrons. The Kier molecular flexibility index (Phi) is 7.49. The summed E-state index contributed by atoms with van der Waals surface area (Å²) in [6, 6.07) is 13.7. The molecule has 31 heavy (non-hydrogen) atoms. The first kappa shape index (κ1) is 22.2. The third-order valence-electron chi connectivity index (χ3n) is 4.31. The van der Waals surface area contributed by atoms with Gasteiger partial charge in [-0.1, -0.05) is 43.3 Å².